The van der Waals surface area contributed by atoms with Gasteiger partial charge in [0.15, 0.2) is 5.69 Å². The summed E-state index contributed by atoms with van der Waals surface area (Å²) >= 11 is 0. The number of aryl methyl sites for hydroxylation is 1. The highest BCUT2D eigenvalue weighted by Crippen LogP contribution is 2.38. The Labute approximate surface area is 174 Å². The fraction of sp³-hybridized carbons (Fsp3) is 0.136. The van der Waals surface area contributed by atoms with Crippen LogP contribution in [0.15, 0.2) is 65.5 Å². The summed E-state index contributed by atoms with van der Waals surface area (Å²) in [7, 11) is 0. The number of amides is 1. The fourth-order valence-electron chi connectivity index (χ4n) is 3.39. The number of benzene rings is 2. The highest BCUT2D eigenvalue weighted by Gasteiger charge is 2.39. The molecule has 0 bridgehead atoms. The second kappa shape index (κ2) is 7.75. The molecule has 0 fully saturated rings. The van der Waals surface area contributed by atoms with E-state index in [1.54, 1.807) is 55.5 Å². The van der Waals surface area contributed by atoms with Gasteiger partial charge in [-0.05, 0) is 24.6 Å². The normalized spacial score (nSPS) is 11.6. The molecule has 0 aliphatic carbocycles. The van der Waals surface area contributed by atoms with Crippen LogP contribution in [0.1, 0.15) is 17.0 Å². The maximum absolute atomic E-state index is 13.7. The Hall–Kier alpha value is -3.88. The number of aromatic nitrogens is 3. The summed E-state index contributed by atoms with van der Waals surface area (Å²) in [5, 5.41) is 6.23. The van der Waals surface area contributed by atoms with E-state index in [9.17, 15) is 22.8 Å². The number of hydrogen-bond acceptors (Lipinski definition) is 3. The molecule has 0 atom stereocenters. The molecular formula is C22H17F3N4O2. The van der Waals surface area contributed by atoms with E-state index in [0.29, 0.717) is 15.9 Å². The Balaban J connectivity index is 1.82. The average molecular weight is 426 g/mol. The third-order valence-electron chi connectivity index (χ3n) is 4.82. The van der Waals surface area contributed by atoms with Crippen molar-refractivity contribution >= 4 is 17.2 Å². The lowest BCUT2D eigenvalue weighted by Gasteiger charge is -2.09. The SMILES string of the molecule is Cc1[nH]c2c(-c3ccccc3)c(C(F)(F)F)nn2c(=O)c1CC(=O)Nc1ccccc1. The van der Waals surface area contributed by atoms with E-state index in [0.717, 1.165) is 0 Å². The van der Waals surface area contributed by atoms with Crippen molar-refractivity contribution in [3.8, 4) is 11.1 Å². The predicted molar refractivity (Wildman–Crippen MR) is 110 cm³/mol. The lowest BCUT2D eigenvalue weighted by Crippen LogP contribution is -2.26. The molecule has 2 heterocycles. The molecule has 0 aliphatic rings. The first-order valence-electron chi connectivity index (χ1n) is 9.37. The number of H-pyrrole nitrogens is 1. The molecule has 1 amide bonds. The van der Waals surface area contributed by atoms with Crippen LogP contribution >= 0.6 is 0 Å². The molecule has 31 heavy (non-hydrogen) atoms. The van der Waals surface area contributed by atoms with Gasteiger partial charge < -0.3 is 10.3 Å². The van der Waals surface area contributed by atoms with Gasteiger partial charge >= 0.3 is 6.18 Å². The van der Waals surface area contributed by atoms with Gasteiger partial charge in [0.25, 0.3) is 5.56 Å². The quantitative estimate of drug-likeness (QED) is 0.513. The van der Waals surface area contributed by atoms with E-state index < -0.39 is 23.3 Å². The molecule has 0 saturated heterocycles. The number of hydrogen-bond donors (Lipinski definition) is 2. The number of alkyl halides is 3. The van der Waals surface area contributed by atoms with Gasteiger partial charge in [-0.3, -0.25) is 9.59 Å². The monoisotopic (exact) mass is 426 g/mol. The van der Waals surface area contributed by atoms with E-state index in [1.807, 2.05) is 0 Å². The van der Waals surface area contributed by atoms with Gasteiger partial charge in [0.2, 0.25) is 5.91 Å². The molecule has 2 aromatic carbocycles. The second-order valence-corrected chi connectivity index (χ2v) is 6.97. The van der Waals surface area contributed by atoms with E-state index in [4.69, 9.17) is 0 Å². The highest BCUT2D eigenvalue weighted by molar-refractivity contribution is 5.92. The number of aromatic amines is 1. The van der Waals surface area contributed by atoms with Gasteiger partial charge in [-0.15, -0.1) is 0 Å². The molecule has 4 aromatic rings. The van der Waals surface area contributed by atoms with E-state index in [-0.39, 0.29) is 28.8 Å². The van der Waals surface area contributed by atoms with Crippen molar-refractivity contribution in [1.82, 2.24) is 14.6 Å². The number of halogens is 3. The molecule has 6 nitrogen and oxygen atoms in total. The first-order valence-corrected chi connectivity index (χ1v) is 9.37. The van der Waals surface area contributed by atoms with Crippen LogP contribution in [0.3, 0.4) is 0 Å². The lowest BCUT2D eigenvalue weighted by atomic mass is 10.1. The van der Waals surface area contributed by atoms with Crippen molar-refractivity contribution in [2.45, 2.75) is 19.5 Å². The molecule has 0 radical (unpaired) electrons. The summed E-state index contributed by atoms with van der Waals surface area (Å²) in [6.07, 6.45) is -5.08. The maximum atomic E-state index is 13.7. The molecule has 4 rings (SSSR count). The van der Waals surface area contributed by atoms with Crippen LogP contribution in [-0.4, -0.2) is 20.5 Å². The van der Waals surface area contributed by atoms with Crippen LogP contribution in [-0.2, 0) is 17.4 Å². The molecule has 0 aliphatic heterocycles. The van der Waals surface area contributed by atoms with E-state index >= 15 is 0 Å². The first kappa shape index (κ1) is 20.4. The Morgan fingerprint density at radius 3 is 2.29 bits per heavy atom. The summed E-state index contributed by atoms with van der Waals surface area (Å²) in [6.45, 7) is 1.54. The molecule has 158 valence electrons. The Morgan fingerprint density at radius 1 is 1.06 bits per heavy atom. The van der Waals surface area contributed by atoms with Gasteiger partial charge in [-0.1, -0.05) is 48.5 Å². The third kappa shape index (κ3) is 3.94. The summed E-state index contributed by atoms with van der Waals surface area (Å²) in [4.78, 5) is 28.2. The zero-order valence-electron chi connectivity index (χ0n) is 16.3. The minimum Gasteiger partial charge on any atom is -0.343 e. The summed E-state index contributed by atoms with van der Waals surface area (Å²) in [6, 6.07) is 16.6. The van der Waals surface area contributed by atoms with Crippen molar-refractivity contribution in [3.05, 3.63) is 88.0 Å². The van der Waals surface area contributed by atoms with E-state index in [2.05, 4.69) is 15.4 Å². The summed E-state index contributed by atoms with van der Waals surface area (Å²) < 4.78 is 41.8. The number of fused-ring (bicyclic) bond motifs is 1. The Bertz CT molecular complexity index is 1310. The van der Waals surface area contributed by atoms with Crippen LogP contribution in [0.5, 0.6) is 0 Å². The molecule has 9 heteroatoms. The first-order chi connectivity index (χ1) is 14.8. The van der Waals surface area contributed by atoms with Crippen molar-refractivity contribution in [3.63, 3.8) is 0 Å². The van der Waals surface area contributed by atoms with Crippen molar-refractivity contribution in [2.24, 2.45) is 0 Å². The third-order valence-corrected chi connectivity index (χ3v) is 4.82. The molecule has 2 aromatic heterocycles. The van der Waals surface area contributed by atoms with Gasteiger partial charge in [0.1, 0.15) is 5.65 Å². The van der Waals surface area contributed by atoms with Gasteiger partial charge in [0.05, 0.1) is 12.0 Å². The van der Waals surface area contributed by atoms with Crippen molar-refractivity contribution < 1.29 is 18.0 Å². The number of carbonyl (C=O) groups is 1. The molecule has 0 spiro atoms. The van der Waals surface area contributed by atoms with Crippen LogP contribution in [0.25, 0.3) is 16.8 Å². The van der Waals surface area contributed by atoms with Crippen LogP contribution in [0.4, 0.5) is 18.9 Å². The van der Waals surface area contributed by atoms with Gasteiger partial charge in [0, 0.05) is 16.9 Å². The lowest BCUT2D eigenvalue weighted by molar-refractivity contribution is -0.140. The summed E-state index contributed by atoms with van der Waals surface area (Å²) in [5.74, 6) is -0.467. The maximum Gasteiger partial charge on any atom is 0.435 e. The van der Waals surface area contributed by atoms with Crippen LogP contribution in [0.2, 0.25) is 0 Å². The fourth-order valence-corrected chi connectivity index (χ4v) is 3.39. The predicted octanol–water partition coefficient (Wildman–Crippen LogP) is 4.20. The van der Waals surface area contributed by atoms with E-state index in [1.165, 1.54) is 12.1 Å². The smallest absolute Gasteiger partial charge is 0.343 e. The number of rotatable bonds is 4. The van der Waals surface area contributed by atoms with Gasteiger partial charge in [-0.25, -0.2) is 0 Å². The molecule has 0 saturated carbocycles. The van der Waals surface area contributed by atoms with Crippen molar-refractivity contribution in [1.29, 1.82) is 0 Å². The minimum absolute atomic E-state index is 0.0387. The molecular weight excluding hydrogens is 409 g/mol. The minimum atomic E-state index is -4.77. The number of anilines is 1. The molecule has 2 N–H and O–H groups in total. The number of para-hydroxylation sites is 1. The molecule has 0 unspecified atom stereocenters. The Morgan fingerprint density at radius 2 is 1.68 bits per heavy atom. The Kier molecular flexibility index (Phi) is 5.10. The number of carbonyl (C=O) groups excluding carboxylic acids is 1. The van der Waals surface area contributed by atoms with Crippen LogP contribution < -0.4 is 10.9 Å². The van der Waals surface area contributed by atoms with Gasteiger partial charge in [-0.2, -0.15) is 22.8 Å². The standard InChI is InChI=1S/C22H17F3N4O2/c1-13-16(12-17(30)27-15-10-6-3-7-11-15)21(31)29-20(26-13)18(14-8-4-2-5-9-14)19(28-29)22(23,24)25/h2-11,26H,12H2,1H3,(H,27,30). The second-order valence-electron chi connectivity index (χ2n) is 6.97. The average Bonchev–Trinajstić information content (AvgIpc) is 3.12. The topological polar surface area (TPSA) is 79.3 Å². The zero-order chi connectivity index (χ0) is 22.2. The largest absolute Gasteiger partial charge is 0.435 e. The highest BCUT2D eigenvalue weighted by atomic mass is 19.4. The van der Waals surface area contributed by atoms with Crippen LogP contribution in [0, 0.1) is 6.92 Å². The zero-order valence-corrected chi connectivity index (χ0v) is 16.3. The summed E-state index contributed by atoms with van der Waals surface area (Å²) in [5.41, 5.74) is -1.08. The number of nitrogens with one attached hydrogen (secondary N) is 2. The van der Waals surface area contributed by atoms with Crippen molar-refractivity contribution in [2.75, 3.05) is 5.32 Å². The number of nitrogens with zero attached hydrogens (tertiary/aromatic N) is 2.